The largest absolute Gasteiger partial charge is 0.455 e. The maximum atomic E-state index is 12.0. The van der Waals surface area contributed by atoms with Gasteiger partial charge in [-0.25, -0.2) is 0 Å². The third-order valence-electron chi connectivity index (χ3n) is 2.95. The minimum atomic E-state index is -0.378. The third-order valence-corrected chi connectivity index (χ3v) is 2.95. The van der Waals surface area contributed by atoms with E-state index in [4.69, 9.17) is 4.74 Å². The fraction of sp³-hybridized carbons (Fsp3) is 0.500. The number of carbonyl (C=O) groups excluding carboxylic acids is 2. The van der Waals surface area contributed by atoms with Crippen molar-refractivity contribution in [1.82, 2.24) is 4.90 Å². The van der Waals surface area contributed by atoms with Crippen molar-refractivity contribution in [3.05, 3.63) is 35.9 Å². The third kappa shape index (κ3) is 5.03. The molecule has 1 aromatic rings. The van der Waals surface area contributed by atoms with E-state index in [1.54, 1.807) is 4.90 Å². The van der Waals surface area contributed by atoms with Crippen LogP contribution < -0.4 is 0 Å². The van der Waals surface area contributed by atoms with Gasteiger partial charge in [0.05, 0.1) is 6.42 Å². The number of ether oxygens (including phenoxy) is 1. The van der Waals surface area contributed by atoms with Crippen LogP contribution in [0.25, 0.3) is 0 Å². The molecule has 0 unspecified atom stereocenters. The average molecular weight is 277 g/mol. The fourth-order valence-electron chi connectivity index (χ4n) is 2.20. The molecule has 0 aliphatic rings. The van der Waals surface area contributed by atoms with Gasteiger partial charge in [-0.15, -0.1) is 0 Å². The molecule has 0 aromatic heterocycles. The van der Waals surface area contributed by atoms with Crippen molar-refractivity contribution in [2.24, 2.45) is 0 Å². The minimum Gasteiger partial charge on any atom is -0.455 e. The molecule has 0 spiro atoms. The molecule has 0 aliphatic carbocycles. The van der Waals surface area contributed by atoms with Crippen LogP contribution in [0.5, 0.6) is 0 Å². The molecule has 0 bridgehead atoms. The van der Waals surface area contributed by atoms with Crippen LogP contribution in [-0.2, 0) is 20.7 Å². The summed E-state index contributed by atoms with van der Waals surface area (Å²) in [5.74, 6) is -0.534. The van der Waals surface area contributed by atoms with Gasteiger partial charge in [-0.3, -0.25) is 9.59 Å². The monoisotopic (exact) mass is 277 g/mol. The smallest absolute Gasteiger partial charge is 0.310 e. The van der Waals surface area contributed by atoms with Crippen LogP contribution in [0.4, 0.5) is 0 Å². The maximum absolute atomic E-state index is 12.0. The van der Waals surface area contributed by atoms with Crippen molar-refractivity contribution in [3.63, 3.8) is 0 Å². The summed E-state index contributed by atoms with van der Waals surface area (Å²) in [6, 6.07) is 9.53. The molecule has 0 fully saturated rings. The van der Waals surface area contributed by atoms with E-state index in [0.29, 0.717) is 0 Å². The van der Waals surface area contributed by atoms with Crippen LogP contribution in [0.1, 0.15) is 33.3 Å². The second kappa shape index (κ2) is 7.68. The van der Waals surface area contributed by atoms with E-state index in [-0.39, 0.29) is 37.0 Å². The molecule has 0 heterocycles. The Morgan fingerprint density at radius 1 is 1.05 bits per heavy atom. The lowest BCUT2D eigenvalue weighted by molar-refractivity contribution is -0.153. The number of rotatable bonds is 6. The average Bonchev–Trinajstić information content (AvgIpc) is 2.36. The van der Waals surface area contributed by atoms with Crippen molar-refractivity contribution in [2.45, 2.75) is 46.2 Å². The van der Waals surface area contributed by atoms with Gasteiger partial charge in [0.2, 0.25) is 0 Å². The molecule has 20 heavy (non-hydrogen) atoms. The zero-order valence-corrected chi connectivity index (χ0v) is 12.6. The Morgan fingerprint density at radius 3 is 2.10 bits per heavy atom. The van der Waals surface area contributed by atoms with Crippen LogP contribution >= 0.6 is 0 Å². The highest BCUT2D eigenvalue weighted by molar-refractivity contribution is 5.81. The predicted molar refractivity (Wildman–Crippen MR) is 78.2 cm³/mol. The summed E-state index contributed by atoms with van der Waals surface area (Å²) in [6.45, 7) is 7.60. The Balaban J connectivity index is 2.46. The molecule has 1 aromatic carbocycles. The lowest BCUT2D eigenvalue weighted by Gasteiger charge is -2.30. The molecule has 4 heteroatoms. The van der Waals surface area contributed by atoms with Crippen molar-refractivity contribution in [2.75, 3.05) is 6.61 Å². The van der Waals surface area contributed by atoms with Gasteiger partial charge in [0.15, 0.2) is 6.61 Å². The Morgan fingerprint density at radius 2 is 1.60 bits per heavy atom. The molecule has 0 radical (unpaired) electrons. The first-order valence-corrected chi connectivity index (χ1v) is 6.92. The standard InChI is InChI=1S/C16H23NO3/c1-12(2)17(13(3)4)15(18)11-20-16(19)10-14-8-6-5-7-9-14/h5-9,12-13H,10-11H2,1-4H3. The zero-order chi connectivity index (χ0) is 15.1. The molecular weight excluding hydrogens is 254 g/mol. The fourth-order valence-corrected chi connectivity index (χ4v) is 2.20. The normalized spacial score (nSPS) is 10.7. The highest BCUT2D eigenvalue weighted by Gasteiger charge is 2.21. The Bertz CT molecular complexity index is 432. The molecule has 0 atom stereocenters. The molecule has 1 rings (SSSR count). The summed E-state index contributed by atoms with van der Waals surface area (Å²) in [4.78, 5) is 25.4. The predicted octanol–water partition coefficient (Wildman–Crippen LogP) is 2.42. The lowest BCUT2D eigenvalue weighted by Crippen LogP contribution is -2.44. The molecule has 1 amide bonds. The van der Waals surface area contributed by atoms with E-state index in [1.165, 1.54) is 0 Å². The first-order valence-electron chi connectivity index (χ1n) is 6.92. The molecule has 0 aliphatic heterocycles. The summed E-state index contributed by atoms with van der Waals surface area (Å²) in [5.41, 5.74) is 0.884. The summed E-state index contributed by atoms with van der Waals surface area (Å²) < 4.78 is 5.06. The molecule has 0 N–H and O–H groups in total. The first-order chi connectivity index (χ1) is 9.41. The van der Waals surface area contributed by atoms with Gasteiger partial charge < -0.3 is 9.64 Å². The van der Waals surface area contributed by atoms with Gasteiger partial charge >= 0.3 is 5.97 Å². The van der Waals surface area contributed by atoms with E-state index in [9.17, 15) is 9.59 Å². The SMILES string of the molecule is CC(C)N(C(=O)COC(=O)Cc1ccccc1)C(C)C. The minimum absolute atomic E-state index is 0.0929. The van der Waals surface area contributed by atoms with Crippen LogP contribution in [-0.4, -0.2) is 35.5 Å². The van der Waals surface area contributed by atoms with Crippen molar-refractivity contribution in [1.29, 1.82) is 0 Å². The second-order valence-electron chi connectivity index (χ2n) is 5.31. The van der Waals surface area contributed by atoms with Crippen LogP contribution in [0, 0.1) is 0 Å². The Hall–Kier alpha value is -1.84. The van der Waals surface area contributed by atoms with Gasteiger partial charge in [0.25, 0.3) is 5.91 Å². The number of amides is 1. The number of carbonyl (C=O) groups is 2. The van der Waals surface area contributed by atoms with Crippen molar-refractivity contribution >= 4 is 11.9 Å². The number of hydrogen-bond acceptors (Lipinski definition) is 3. The molecule has 4 nitrogen and oxygen atoms in total. The van der Waals surface area contributed by atoms with Crippen molar-refractivity contribution in [3.8, 4) is 0 Å². The summed E-state index contributed by atoms with van der Waals surface area (Å²) in [6.07, 6.45) is 0.192. The van der Waals surface area contributed by atoms with Crippen LogP contribution in [0.2, 0.25) is 0 Å². The zero-order valence-electron chi connectivity index (χ0n) is 12.6. The van der Waals surface area contributed by atoms with E-state index in [2.05, 4.69) is 0 Å². The second-order valence-corrected chi connectivity index (χ2v) is 5.31. The van der Waals surface area contributed by atoms with E-state index in [1.807, 2.05) is 58.0 Å². The number of esters is 1. The molecule has 0 saturated heterocycles. The van der Waals surface area contributed by atoms with Crippen molar-refractivity contribution < 1.29 is 14.3 Å². The number of nitrogens with zero attached hydrogens (tertiary/aromatic N) is 1. The van der Waals surface area contributed by atoms with E-state index in [0.717, 1.165) is 5.56 Å². The van der Waals surface area contributed by atoms with Gasteiger partial charge in [-0.2, -0.15) is 0 Å². The summed E-state index contributed by atoms with van der Waals surface area (Å²) >= 11 is 0. The molecule has 110 valence electrons. The van der Waals surface area contributed by atoms with Gasteiger partial charge in [-0.1, -0.05) is 30.3 Å². The Kier molecular flexibility index (Phi) is 6.22. The van der Waals surface area contributed by atoms with E-state index < -0.39 is 0 Å². The Labute approximate surface area is 120 Å². The van der Waals surface area contributed by atoms with Crippen LogP contribution in [0.3, 0.4) is 0 Å². The highest BCUT2D eigenvalue weighted by Crippen LogP contribution is 2.06. The molecule has 0 saturated carbocycles. The van der Waals surface area contributed by atoms with E-state index >= 15 is 0 Å². The lowest BCUT2D eigenvalue weighted by atomic mass is 10.2. The number of hydrogen-bond donors (Lipinski definition) is 0. The topological polar surface area (TPSA) is 46.6 Å². The summed E-state index contributed by atoms with van der Waals surface area (Å²) in [5, 5.41) is 0. The number of benzene rings is 1. The van der Waals surface area contributed by atoms with Crippen LogP contribution in [0.15, 0.2) is 30.3 Å². The first kappa shape index (κ1) is 16.2. The maximum Gasteiger partial charge on any atom is 0.310 e. The van der Waals surface area contributed by atoms with Gasteiger partial charge in [-0.05, 0) is 33.3 Å². The van der Waals surface area contributed by atoms with Gasteiger partial charge in [0, 0.05) is 12.1 Å². The van der Waals surface area contributed by atoms with Gasteiger partial charge in [0.1, 0.15) is 0 Å². The summed E-state index contributed by atoms with van der Waals surface area (Å²) in [7, 11) is 0. The quantitative estimate of drug-likeness (QED) is 0.750. The highest BCUT2D eigenvalue weighted by atomic mass is 16.5. The molecular formula is C16H23NO3.